The molecular weight excluding hydrogens is 304 g/mol. The van der Waals surface area contributed by atoms with Gasteiger partial charge in [0.05, 0.1) is 0 Å². The molecule has 4 nitrogen and oxygen atoms in total. The molecule has 0 spiro atoms. The maximum absolute atomic E-state index is 12.6. The minimum Gasteiger partial charge on any atom is -0.508 e. The molecule has 1 N–H and O–H groups in total. The van der Waals surface area contributed by atoms with Gasteiger partial charge in [-0.15, -0.1) is 0 Å². The number of ether oxygens (including phenoxy) is 1. The average Bonchev–Trinajstić information content (AvgIpc) is 2.81. The molecular formula is C20H24O4. The Hall–Kier alpha value is -1.84. The number of phenols is 1. The quantitative estimate of drug-likeness (QED) is 0.803. The summed E-state index contributed by atoms with van der Waals surface area (Å²) in [4.78, 5) is 24.2. The number of carbonyl (C=O) groups is 2. The number of benzene rings is 1. The van der Waals surface area contributed by atoms with E-state index in [1.54, 1.807) is 6.07 Å². The highest BCUT2D eigenvalue weighted by molar-refractivity contribution is 5.87. The van der Waals surface area contributed by atoms with Crippen LogP contribution in [0.1, 0.15) is 56.6 Å². The smallest absolute Gasteiger partial charge is 0.302 e. The van der Waals surface area contributed by atoms with Gasteiger partial charge in [-0.2, -0.15) is 0 Å². The Morgan fingerprint density at radius 1 is 1.29 bits per heavy atom. The minimum atomic E-state index is -0.351. The number of aromatic hydroxyl groups is 1. The lowest BCUT2D eigenvalue weighted by Gasteiger charge is -2.51. The lowest BCUT2D eigenvalue weighted by atomic mass is 9.54. The Balaban J connectivity index is 1.79. The molecule has 0 saturated heterocycles. The van der Waals surface area contributed by atoms with E-state index in [4.69, 9.17) is 4.74 Å². The van der Waals surface area contributed by atoms with E-state index in [0.29, 0.717) is 30.5 Å². The van der Waals surface area contributed by atoms with Gasteiger partial charge in [-0.1, -0.05) is 13.0 Å². The molecule has 0 heterocycles. The van der Waals surface area contributed by atoms with Crippen LogP contribution < -0.4 is 0 Å². The zero-order chi connectivity index (χ0) is 17.1. The number of aryl methyl sites for hydroxylation is 1. The molecule has 0 aromatic heterocycles. The topological polar surface area (TPSA) is 63.6 Å². The molecule has 3 aliphatic carbocycles. The van der Waals surface area contributed by atoms with E-state index in [0.717, 1.165) is 24.8 Å². The largest absolute Gasteiger partial charge is 0.508 e. The molecule has 0 unspecified atom stereocenters. The summed E-state index contributed by atoms with van der Waals surface area (Å²) in [6.07, 6.45) is 3.89. The van der Waals surface area contributed by atoms with Crippen LogP contribution >= 0.6 is 0 Å². The lowest BCUT2D eigenvalue weighted by molar-refractivity contribution is -0.158. The van der Waals surface area contributed by atoms with Gasteiger partial charge in [-0.25, -0.2) is 0 Å². The third-order valence-electron chi connectivity index (χ3n) is 6.69. The Morgan fingerprint density at radius 3 is 2.83 bits per heavy atom. The maximum atomic E-state index is 12.6. The van der Waals surface area contributed by atoms with Crippen molar-refractivity contribution >= 4 is 11.8 Å². The summed E-state index contributed by atoms with van der Waals surface area (Å²) in [5.74, 6) is 1.23. The van der Waals surface area contributed by atoms with Crippen molar-refractivity contribution in [2.45, 2.75) is 58.0 Å². The summed E-state index contributed by atoms with van der Waals surface area (Å²) in [7, 11) is 0. The maximum Gasteiger partial charge on any atom is 0.302 e. The first kappa shape index (κ1) is 15.7. The van der Waals surface area contributed by atoms with E-state index in [1.807, 2.05) is 12.1 Å². The first-order chi connectivity index (χ1) is 11.4. The SMILES string of the molecule is CC(=O)O[C@@H]1C[C@]2(C)C(=O)CC[C@@H]2[C@H]2CCc3cc(O)ccc3[C@@H]21. The highest BCUT2D eigenvalue weighted by Crippen LogP contribution is 2.60. The second-order valence-corrected chi connectivity index (χ2v) is 7.95. The highest BCUT2D eigenvalue weighted by Gasteiger charge is 2.58. The number of phenolic OH excluding ortho intramolecular Hbond substituents is 1. The van der Waals surface area contributed by atoms with Crippen molar-refractivity contribution in [3.8, 4) is 5.75 Å². The van der Waals surface area contributed by atoms with Crippen molar-refractivity contribution in [2.75, 3.05) is 0 Å². The van der Waals surface area contributed by atoms with Crippen LogP contribution in [0.3, 0.4) is 0 Å². The van der Waals surface area contributed by atoms with E-state index < -0.39 is 0 Å². The molecule has 24 heavy (non-hydrogen) atoms. The predicted octanol–water partition coefficient (Wildman–Crippen LogP) is 3.36. The van der Waals surface area contributed by atoms with Crippen LogP contribution in [0.4, 0.5) is 0 Å². The molecule has 2 saturated carbocycles. The van der Waals surface area contributed by atoms with E-state index in [1.165, 1.54) is 12.5 Å². The molecule has 0 amide bonds. The Bertz CT molecular complexity index is 710. The number of rotatable bonds is 1. The van der Waals surface area contributed by atoms with Crippen molar-refractivity contribution in [3.63, 3.8) is 0 Å². The zero-order valence-electron chi connectivity index (χ0n) is 14.2. The molecule has 4 rings (SSSR count). The van der Waals surface area contributed by atoms with Crippen LogP contribution in [0.2, 0.25) is 0 Å². The summed E-state index contributed by atoms with van der Waals surface area (Å²) >= 11 is 0. The van der Waals surface area contributed by atoms with E-state index in [-0.39, 0.29) is 29.2 Å². The van der Waals surface area contributed by atoms with Crippen LogP contribution in [0.15, 0.2) is 18.2 Å². The van der Waals surface area contributed by atoms with Crippen molar-refractivity contribution in [1.82, 2.24) is 0 Å². The van der Waals surface area contributed by atoms with Gasteiger partial charge in [-0.3, -0.25) is 9.59 Å². The number of fused-ring (bicyclic) bond motifs is 5. The van der Waals surface area contributed by atoms with Crippen molar-refractivity contribution in [2.24, 2.45) is 17.3 Å². The number of hydrogen-bond donors (Lipinski definition) is 1. The summed E-state index contributed by atoms with van der Waals surface area (Å²) in [5.41, 5.74) is 1.99. The van der Waals surface area contributed by atoms with Gasteiger partial charge >= 0.3 is 5.97 Å². The second kappa shape index (κ2) is 5.33. The number of ketones is 1. The van der Waals surface area contributed by atoms with Crippen molar-refractivity contribution < 1.29 is 19.4 Å². The van der Waals surface area contributed by atoms with Gasteiger partial charge < -0.3 is 9.84 Å². The Labute approximate surface area is 142 Å². The fraction of sp³-hybridized carbons (Fsp3) is 0.600. The monoisotopic (exact) mass is 328 g/mol. The van der Waals surface area contributed by atoms with Crippen molar-refractivity contribution in [3.05, 3.63) is 29.3 Å². The Kier molecular flexibility index (Phi) is 3.48. The molecule has 128 valence electrons. The van der Waals surface area contributed by atoms with Gasteiger partial charge in [0.1, 0.15) is 17.6 Å². The van der Waals surface area contributed by atoms with Crippen LogP contribution in [0.5, 0.6) is 5.75 Å². The number of carbonyl (C=O) groups excluding carboxylic acids is 2. The zero-order valence-corrected chi connectivity index (χ0v) is 14.2. The first-order valence-electron chi connectivity index (χ1n) is 8.92. The molecule has 0 aliphatic heterocycles. The second-order valence-electron chi connectivity index (χ2n) is 7.95. The van der Waals surface area contributed by atoms with E-state index in [9.17, 15) is 14.7 Å². The molecule has 3 aliphatic rings. The summed E-state index contributed by atoms with van der Waals surface area (Å²) in [6, 6.07) is 5.54. The van der Waals surface area contributed by atoms with E-state index in [2.05, 4.69) is 6.92 Å². The summed E-state index contributed by atoms with van der Waals surface area (Å²) in [5, 5.41) is 9.79. The van der Waals surface area contributed by atoms with Gasteiger partial charge in [0, 0.05) is 24.7 Å². The highest BCUT2D eigenvalue weighted by atomic mass is 16.5. The van der Waals surface area contributed by atoms with Crippen LogP contribution in [-0.2, 0) is 20.7 Å². The molecule has 1 aromatic carbocycles. The van der Waals surface area contributed by atoms with Crippen molar-refractivity contribution in [1.29, 1.82) is 0 Å². The van der Waals surface area contributed by atoms with Crippen LogP contribution in [-0.4, -0.2) is 23.0 Å². The number of esters is 1. The van der Waals surface area contributed by atoms with Gasteiger partial charge in [0.25, 0.3) is 0 Å². The van der Waals surface area contributed by atoms with Gasteiger partial charge in [0.15, 0.2) is 0 Å². The normalized spacial score (nSPS) is 37.3. The molecule has 0 bridgehead atoms. The molecule has 0 radical (unpaired) electrons. The van der Waals surface area contributed by atoms with E-state index >= 15 is 0 Å². The molecule has 5 atom stereocenters. The molecule has 4 heteroatoms. The van der Waals surface area contributed by atoms with Crippen LogP contribution in [0.25, 0.3) is 0 Å². The van der Waals surface area contributed by atoms with Gasteiger partial charge in [0.2, 0.25) is 0 Å². The summed E-state index contributed by atoms with van der Waals surface area (Å²) < 4.78 is 5.72. The number of hydrogen-bond acceptors (Lipinski definition) is 4. The molecule has 1 aromatic rings. The lowest BCUT2D eigenvalue weighted by Crippen LogP contribution is -2.50. The fourth-order valence-corrected chi connectivity index (χ4v) is 5.72. The minimum absolute atomic E-state index is 0.141. The standard InChI is InChI=1S/C20H24O4/c1-11(21)24-17-10-20(2)16(7-8-18(20)23)15-5-3-12-9-13(22)4-6-14(12)19(15)17/h4,6,9,15-17,19,22H,3,5,7-8,10H2,1-2H3/t15-,16-,17-,19+,20+/m1/s1. The third kappa shape index (κ3) is 2.19. The third-order valence-corrected chi connectivity index (χ3v) is 6.69. The Morgan fingerprint density at radius 2 is 2.08 bits per heavy atom. The predicted molar refractivity (Wildman–Crippen MR) is 88.7 cm³/mol. The van der Waals surface area contributed by atoms with Crippen LogP contribution in [0, 0.1) is 17.3 Å². The fourth-order valence-electron chi connectivity index (χ4n) is 5.72. The first-order valence-corrected chi connectivity index (χ1v) is 8.92. The van der Waals surface area contributed by atoms with Gasteiger partial charge in [-0.05, 0) is 60.8 Å². The average molecular weight is 328 g/mol. The summed E-state index contributed by atoms with van der Waals surface area (Å²) in [6.45, 7) is 3.52. The number of Topliss-reactive ketones (excluding diaryl/α,β-unsaturated/α-hetero) is 1. The molecule has 2 fully saturated rings.